The minimum absolute atomic E-state index is 0. The van der Waals surface area contributed by atoms with Crippen molar-refractivity contribution in [3.63, 3.8) is 0 Å². The second-order valence-corrected chi connectivity index (χ2v) is 9.97. The van der Waals surface area contributed by atoms with Crippen LogP contribution >= 0.6 is 0 Å². The molecule has 1 aromatic rings. The van der Waals surface area contributed by atoms with E-state index in [1.54, 1.807) is 0 Å². The predicted octanol–water partition coefficient (Wildman–Crippen LogP) is 6.81. The number of phenolic OH excluding ortho intramolecular Hbond substituents is 1. The maximum absolute atomic E-state index is 10.3. The zero-order valence-electron chi connectivity index (χ0n) is 21.9. The van der Waals surface area contributed by atoms with Gasteiger partial charge in [-0.2, -0.15) is 8.42 Å². The van der Waals surface area contributed by atoms with E-state index >= 15 is 0 Å². The molecule has 0 aliphatic carbocycles. The van der Waals surface area contributed by atoms with Crippen LogP contribution in [0.2, 0.25) is 0 Å². The molecule has 1 heterocycles. The predicted molar refractivity (Wildman–Crippen MR) is 139 cm³/mol. The topological polar surface area (TPSA) is 82.1 Å². The summed E-state index contributed by atoms with van der Waals surface area (Å²) in [6.07, 6.45) is 21.0. The molecule has 1 aliphatic rings. The van der Waals surface area contributed by atoms with Gasteiger partial charge in [0, 0.05) is 51.4 Å². The van der Waals surface area contributed by atoms with Gasteiger partial charge in [-0.25, -0.2) is 9.07 Å². The Morgan fingerprint density at radius 3 is 1.76 bits per heavy atom. The number of phenols is 1. The molecule has 1 N–H and O–H groups in total. The van der Waals surface area contributed by atoms with Crippen molar-refractivity contribution in [3.8, 4) is 5.75 Å². The van der Waals surface area contributed by atoms with Gasteiger partial charge < -0.3 is 5.11 Å². The molecule has 0 aromatic heterocycles. The van der Waals surface area contributed by atoms with Gasteiger partial charge in [0.1, 0.15) is 12.4 Å². The van der Waals surface area contributed by atoms with E-state index in [1.807, 2.05) is 12.1 Å². The van der Waals surface area contributed by atoms with E-state index in [9.17, 15) is 13.5 Å². The minimum atomic E-state index is -3.80. The van der Waals surface area contributed by atoms with Crippen LogP contribution < -0.4 is 0 Å². The van der Waals surface area contributed by atoms with Crippen molar-refractivity contribution in [2.75, 3.05) is 13.2 Å². The Morgan fingerprint density at radius 2 is 1.29 bits per heavy atom. The fraction of sp³-hybridized carbons (Fsp3) is 0.769. The molecular formula is C26H46KO6S. The van der Waals surface area contributed by atoms with Crippen LogP contribution in [0.1, 0.15) is 115 Å². The smallest absolute Gasteiger partial charge is 0.426 e. The molecule has 0 spiro atoms. The van der Waals surface area contributed by atoms with Crippen molar-refractivity contribution in [1.29, 1.82) is 0 Å². The summed E-state index contributed by atoms with van der Waals surface area (Å²) in [6, 6.07) is 6.11. The summed E-state index contributed by atoms with van der Waals surface area (Å²) < 4.78 is 28.0. The zero-order chi connectivity index (χ0) is 24.2. The quantitative estimate of drug-likeness (QED) is 0.145. The van der Waals surface area contributed by atoms with Crippen molar-refractivity contribution in [3.05, 3.63) is 29.3 Å². The molecular weight excluding hydrogens is 479 g/mol. The Kier molecular flexibility index (Phi) is 23.0. The number of unbranched alkanes of at least 4 members (excludes halogenated alkanes) is 12. The summed E-state index contributed by atoms with van der Waals surface area (Å²) in [5.74, 6) is 0.520. The van der Waals surface area contributed by atoms with Crippen LogP contribution in [0, 0.1) is 0 Å². The average molecular weight is 526 g/mol. The second kappa shape index (κ2) is 22.7. The third kappa shape index (κ3) is 17.8. The van der Waals surface area contributed by atoms with Crippen LogP contribution in [0.4, 0.5) is 0 Å². The SMILES string of the molecule is CCCCCCCCCc1cccc(O)c1CCCCCCCCC.O=S1(=O)OCCOO1.[K]. The normalized spacial score (nSPS) is 14.6. The van der Waals surface area contributed by atoms with Crippen LogP contribution in [0.3, 0.4) is 0 Å². The van der Waals surface area contributed by atoms with Gasteiger partial charge in [-0.1, -0.05) is 107 Å². The Bertz CT molecular complexity index is 699. The Labute approximate surface area is 251 Å². The van der Waals surface area contributed by atoms with Gasteiger partial charge in [-0.3, -0.25) is 0 Å². The fourth-order valence-electron chi connectivity index (χ4n) is 3.96. The van der Waals surface area contributed by atoms with E-state index in [0.717, 1.165) is 12.8 Å². The second-order valence-electron chi connectivity index (χ2n) is 8.78. The Balaban J connectivity index is 0.00000102. The molecule has 0 saturated carbocycles. The standard InChI is InChI=1S/C24H42O.C2H4O5S.K/c1-3-5-7-9-11-13-15-18-22-19-17-21-24(25)23(22)20-16-14-12-10-8-6-4-2;3-8(4)6-2-1-5-7-8;/h17,19,21,25H,3-16,18,20H2,1-2H3;1-2H2;. The summed E-state index contributed by atoms with van der Waals surface area (Å²) in [5.41, 5.74) is 2.61. The summed E-state index contributed by atoms with van der Waals surface area (Å²) in [6.45, 7) is 4.72. The molecule has 0 atom stereocenters. The molecule has 6 nitrogen and oxygen atoms in total. The molecule has 0 bridgehead atoms. The first-order chi connectivity index (χ1) is 16.0. The molecule has 1 aromatic carbocycles. The first kappa shape index (κ1) is 34.5. The molecule has 34 heavy (non-hydrogen) atoms. The van der Waals surface area contributed by atoms with Crippen LogP contribution in [0.25, 0.3) is 0 Å². The molecule has 1 fully saturated rings. The third-order valence-corrected chi connectivity index (χ3v) is 6.57. The number of hydrogen-bond acceptors (Lipinski definition) is 6. The molecule has 1 radical (unpaired) electrons. The average Bonchev–Trinajstić information content (AvgIpc) is 2.79. The Morgan fingerprint density at radius 1 is 0.765 bits per heavy atom. The third-order valence-electron chi connectivity index (χ3n) is 5.85. The summed E-state index contributed by atoms with van der Waals surface area (Å²) in [4.78, 5) is 4.07. The first-order valence-corrected chi connectivity index (χ1v) is 14.3. The number of benzene rings is 1. The van der Waals surface area contributed by atoms with E-state index in [2.05, 4.69) is 33.3 Å². The summed E-state index contributed by atoms with van der Waals surface area (Å²) in [7, 11) is -3.80. The van der Waals surface area contributed by atoms with Crippen molar-refractivity contribution in [1.82, 2.24) is 0 Å². The molecule has 2 rings (SSSR count). The summed E-state index contributed by atoms with van der Waals surface area (Å²) >= 11 is 0. The maximum atomic E-state index is 10.3. The molecule has 193 valence electrons. The van der Waals surface area contributed by atoms with Gasteiger partial charge in [0.25, 0.3) is 0 Å². The number of aromatic hydroxyl groups is 1. The molecule has 0 unspecified atom stereocenters. The van der Waals surface area contributed by atoms with Crippen LogP contribution in [-0.4, -0.2) is 78.1 Å². The zero-order valence-corrected chi connectivity index (χ0v) is 25.8. The monoisotopic (exact) mass is 525 g/mol. The van der Waals surface area contributed by atoms with E-state index < -0.39 is 10.4 Å². The molecule has 1 saturated heterocycles. The number of hydrogen-bond donors (Lipinski definition) is 1. The minimum Gasteiger partial charge on any atom is -0.508 e. The van der Waals surface area contributed by atoms with Crippen LogP contribution in [0.15, 0.2) is 18.2 Å². The molecule has 0 amide bonds. The van der Waals surface area contributed by atoms with E-state index in [-0.39, 0.29) is 64.6 Å². The first-order valence-electron chi connectivity index (χ1n) is 13.0. The summed E-state index contributed by atoms with van der Waals surface area (Å²) in [5, 5.41) is 10.3. The van der Waals surface area contributed by atoms with Crippen molar-refractivity contribution >= 4 is 61.8 Å². The van der Waals surface area contributed by atoms with E-state index in [1.165, 1.54) is 101 Å². The van der Waals surface area contributed by atoms with Gasteiger partial charge in [-0.15, -0.1) is 0 Å². The van der Waals surface area contributed by atoms with Crippen molar-refractivity contribution < 1.29 is 26.9 Å². The number of rotatable bonds is 16. The fourth-order valence-corrected chi connectivity index (χ4v) is 4.46. The largest absolute Gasteiger partial charge is 0.508 e. The van der Waals surface area contributed by atoms with Gasteiger partial charge in [0.15, 0.2) is 0 Å². The maximum Gasteiger partial charge on any atom is 0.426 e. The van der Waals surface area contributed by atoms with Gasteiger partial charge >= 0.3 is 10.4 Å². The van der Waals surface area contributed by atoms with Crippen LogP contribution in [-0.2, 0) is 36.6 Å². The van der Waals surface area contributed by atoms with Gasteiger partial charge in [0.05, 0.1) is 6.61 Å². The Hall–Kier alpha value is 0.486. The number of aryl methyl sites for hydroxylation is 1. The van der Waals surface area contributed by atoms with Crippen LogP contribution in [0.5, 0.6) is 5.75 Å². The van der Waals surface area contributed by atoms with Gasteiger partial charge in [0.2, 0.25) is 0 Å². The molecule has 8 heteroatoms. The molecule has 1 aliphatic heterocycles. The van der Waals surface area contributed by atoms with E-state index in [4.69, 9.17) is 0 Å². The van der Waals surface area contributed by atoms with Crippen molar-refractivity contribution in [2.45, 2.75) is 117 Å². The van der Waals surface area contributed by atoms with Crippen molar-refractivity contribution in [2.24, 2.45) is 0 Å². The van der Waals surface area contributed by atoms with Gasteiger partial charge in [-0.05, 0) is 42.9 Å². The van der Waals surface area contributed by atoms with E-state index in [0.29, 0.717) is 5.75 Å².